The van der Waals surface area contributed by atoms with Crippen molar-refractivity contribution in [1.82, 2.24) is 9.62 Å². The minimum atomic E-state index is -3.21. The zero-order chi connectivity index (χ0) is 18.9. The van der Waals surface area contributed by atoms with Gasteiger partial charge in [0.2, 0.25) is 15.9 Å². The summed E-state index contributed by atoms with van der Waals surface area (Å²) in [4.78, 5) is 12.4. The number of piperidine rings is 1. The highest BCUT2D eigenvalue weighted by Crippen LogP contribution is 2.28. The average molecular weight is 380 g/mol. The van der Waals surface area contributed by atoms with Gasteiger partial charge in [-0.15, -0.1) is 0 Å². The molecule has 8 heteroatoms. The number of rotatable bonds is 5. The molecule has 2 heterocycles. The Labute approximate surface area is 153 Å². The molecule has 1 amide bonds. The molecular formula is C18H24N2O5S. The van der Waals surface area contributed by atoms with Crippen LogP contribution >= 0.6 is 0 Å². The van der Waals surface area contributed by atoms with Crippen LogP contribution in [0, 0.1) is 5.92 Å². The number of amides is 1. The smallest absolute Gasteiger partial charge is 0.223 e. The highest BCUT2D eigenvalue weighted by atomic mass is 32.2. The number of furan rings is 1. The van der Waals surface area contributed by atoms with Gasteiger partial charge in [0.15, 0.2) is 0 Å². The number of fused-ring (bicyclic) bond motifs is 1. The number of nitrogens with one attached hydrogen (secondary N) is 1. The molecule has 142 valence electrons. The van der Waals surface area contributed by atoms with Crippen LogP contribution < -0.4 is 5.32 Å². The van der Waals surface area contributed by atoms with Crippen molar-refractivity contribution >= 4 is 26.9 Å². The number of carbonyl (C=O) groups is 1. The second kappa shape index (κ2) is 7.02. The normalized spacial score (nSPS) is 19.3. The molecule has 1 atom stereocenters. The van der Waals surface area contributed by atoms with Crippen LogP contribution in [0.2, 0.25) is 0 Å². The van der Waals surface area contributed by atoms with Gasteiger partial charge < -0.3 is 14.8 Å². The molecule has 1 aliphatic heterocycles. The molecule has 0 aliphatic carbocycles. The first kappa shape index (κ1) is 18.9. The Kier molecular flexibility index (Phi) is 5.09. The lowest BCUT2D eigenvalue weighted by Crippen LogP contribution is -2.45. The van der Waals surface area contributed by atoms with Gasteiger partial charge in [-0.2, -0.15) is 0 Å². The Morgan fingerprint density at radius 1 is 1.35 bits per heavy atom. The molecule has 1 aliphatic rings. The zero-order valence-corrected chi connectivity index (χ0v) is 15.8. The van der Waals surface area contributed by atoms with Crippen molar-refractivity contribution in [3.63, 3.8) is 0 Å². The summed E-state index contributed by atoms with van der Waals surface area (Å²) in [6.07, 6.45) is 2.13. The van der Waals surface area contributed by atoms with Gasteiger partial charge in [0, 0.05) is 24.4 Å². The summed E-state index contributed by atoms with van der Waals surface area (Å²) in [6.45, 7) is 2.31. The van der Waals surface area contributed by atoms with Crippen LogP contribution in [0.3, 0.4) is 0 Å². The summed E-state index contributed by atoms with van der Waals surface area (Å²) < 4.78 is 30.1. The van der Waals surface area contributed by atoms with Crippen molar-refractivity contribution in [3.05, 3.63) is 36.1 Å². The number of carbonyl (C=O) groups excluding carboxylic acids is 1. The highest BCUT2D eigenvalue weighted by molar-refractivity contribution is 7.88. The quantitative estimate of drug-likeness (QED) is 0.817. The fourth-order valence-corrected chi connectivity index (χ4v) is 4.06. The second-order valence-electron chi connectivity index (χ2n) is 7.08. The first-order chi connectivity index (χ1) is 12.2. The van der Waals surface area contributed by atoms with Crippen molar-refractivity contribution < 1.29 is 22.7 Å². The largest absolute Gasteiger partial charge is 0.458 e. The maximum atomic E-state index is 12.4. The third-order valence-corrected chi connectivity index (χ3v) is 6.16. The number of para-hydroxylation sites is 1. The Morgan fingerprint density at radius 3 is 2.62 bits per heavy atom. The standard InChI is InChI=1S/C18H24N2O5S/c1-18(22,16-11-14-5-3-4-6-15(14)25-16)12-19-17(21)13-7-9-20(10-8-13)26(2,23)24/h3-6,11,13,22H,7-10,12H2,1-2H3,(H,19,21)/t18-/m1/s1. The monoisotopic (exact) mass is 380 g/mol. The van der Waals surface area contributed by atoms with Crippen molar-refractivity contribution in [3.8, 4) is 0 Å². The van der Waals surface area contributed by atoms with Crippen molar-refractivity contribution in [2.24, 2.45) is 5.92 Å². The zero-order valence-electron chi connectivity index (χ0n) is 14.9. The first-order valence-corrected chi connectivity index (χ1v) is 10.5. The van der Waals surface area contributed by atoms with E-state index in [0.29, 0.717) is 37.3 Å². The van der Waals surface area contributed by atoms with E-state index in [9.17, 15) is 18.3 Å². The molecule has 0 radical (unpaired) electrons. The van der Waals surface area contributed by atoms with E-state index in [1.807, 2.05) is 24.3 Å². The predicted molar refractivity (Wildman–Crippen MR) is 97.9 cm³/mol. The minimum Gasteiger partial charge on any atom is -0.458 e. The Balaban J connectivity index is 1.58. The third kappa shape index (κ3) is 4.08. The molecule has 0 bridgehead atoms. The maximum absolute atomic E-state index is 12.4. The molecule has 2 N–H and O–H groups in total. The average Bonchev–Trinajstić information content (AvgIpc) is 3.04. The lowest BCUT2D eigenvalue weighted by Gasteiger charge is -2.30. The fraction of sp³-hybridized carbons (Fsp3) is 0.500. The van der Waals surface area contributed by atoms with Gasteiger partial charge >= 0.3 is 0 Å². The van der Waals surface area contributed by atoms with E-state index in [1.54, 1.807) is 13.0 Å². The van der Waals surface area contributed by atoms with Gasteiger partial charge in [-0.25, -0.2) is 12.7 Å². The van der Waals surface area contributed by atoms with Gasteiger partial charge in [0.25, 0.3) is 0 Å². The lowest BCUT2D eigenvalue weighted by molar-refractivity contribution is -0.127. The Morgan fingerprint density at radius 2 is 2.00 bits per heavy atom. The summed E-state index contributed by atoms with van der Waals surface area (Å²) in [5.74, 6) is -0.0279. The number of sulfonamides is 1. The summed E-state index contributed by atoms with van der Waals surface area (Å²) in [6, 6.07) is 9.23. The third-order valence-electron chi connectivity index (χ3n) is 4.86. The number of hydrogen-bond acceptors (Lipinski definition) is 5. The molecule has 3 rings (SSSR count). The number of benzene rings is 1. The van der Waals surface area contributed by atoms with E-state index < -0.39 is 15.6 Å². The Bertz CT molecular complexity index is 862. The lowest BCUT2D eigenvalue weighted by atomic mass is 9.96. The van der Waals surface area contributed by atoms with Crippen molar-refractivity contribution in [2.75, 3.05) is 25.9 Å². The highest BCUT2D eigenvalue weighted by Gasteiger charge is 2.32. The van der Waals surface area contributed by atoms with E-state index in [4.69, 9.17) is 4.42 Å². The molecule has 1 aromatic heterocycles. The molecule has 1 saturated heterocycles. The van der Waals surface area contributed by atoms with E-state index in [0.717, 1.165) is 5.39 Å². The minimum absolute atomic E-state index is 0.0257. The molecule has 0 unspecified atom stereocenters. The molecule has 0 spiro atoms. The Hall–Kier alpha value is -1.90. The number of aliphatic hydroxyl groups is 1. The number of hydrogen-bond donors (Lipinski definition) is 2. The van der Waals surface area contributed by atoms with E-state index >= 15 is 0 Å². The topological polar surface area (TPSA) is 99.9 Å². The van der Waals surface area contributed by atoms with Gasteiger partial charge in [0.1, 0.15) is 16.9 Å². The van der Waals surface area contributed by atoms with Crippen LogP contribution in [0.15, 0.2) is 34.7 Å². The first-order valence-electron chi connectivity index (χ1n) is 8.61. The van der Waals surface area contributed by atoms with Crippen LogP contribution in [0.4, 0.5) is 0 Å². The predicted octanol–water partition coefficient (Wildman–Crippen LogP) is 1.43. The van der Waals surface area contributed by atoms with Crippen molar-refractivity contribution in [2.45, 2.75) is 25.4 Å². The van der Waals surface area contributed by atoms with Gasteiger partial charge in [-0.05, 0) is 31.9 Å². The van der Waals surface area contributed by atoms with Crippen LogP contribution in [-0.4, -0.2) is 49.6 Å². The van der Waals surface area contributed by atoms with Crippen molar-refractivity contribution in [1.29, 1.82) is 0 Å². The van der Waals surface area contributed by atoms with Crippen LogP contribution in [0.1, 0.15) is 25.5 Å². The molecule has 2 aromatic rings. The van der Waals surface area contributed by atoms with Crippen LogP contribution in [-0.2, 0) is 20.4 Å². The SMILES string of the molecule is C[C@@](O)(CNC(=O)C1CCN(S(C)(=O)=O)CC1)c1cc2ccccc2o1. The summed E-state index contributed by atoms with van der Waals surface area (Å²) in [5, 5.41) is 14.3. The molecule has 7 nitrogen and oxygen atoms in total. The molecular weight excluding hydrogens is 356 g/mol. The number of nitrogens with zero attached hydrogens (tertiary/aromatic N) is 1. The van der Waals surface area contributed by atoms with E-state index in [-0.39, 0.29) is 18.4 Å². The van der Waals surface area contributed by atoms with Gasteiger partial charge in [-0.3, -0.25) is 4.79 Å². The molecule has 1 aromatic carbocycles. The maximum Gasteiger partial charge on any atom is 0.223 e. The van der Waals surface area contributed by atoms with Gasteiger partial charge in [0.05, 0.1) is 12.8 Å². The van der Waals surface area contributed by atoms with Crippen LogP contribution in [0.25, 0.3) is 11.0 Å². The van der Waals surface area contributed by atoms with Crippen LogP contribution in [0.5, 0.6) is 0 Å². The summed E-state index contributed by atoms with van der Waals surface area (Å²) in [5.41, 5.74) is -0.649. The molecule has 0 saturated carbocycles. The van der Waals surface area contributed by atoms with E-state index in [2.05, 4.69) is 5.32 Å². The molecule has 26 heavy (non-hydrogen) atoms. The van der Waals surface area contributed by atoms with Gasteiger partial charge in [-0.1, -0.05) is 18.2 Å². The summed E-state index contributed by atoms with van der Waals surface area (Å²) in [7, 11) is -3.21. The molecule has 1 fully saturated rings. The van der Waals surface area contributed by atoms with E-state index in [1.165, 1.54) is 10.6 Å². The summed E-state index contributed by atoms with van der Waals surface area (Å²) >= 11 is 0. The fourth-order valence-electron chi connectivity index (χ4n) is 3.19. The second-order valence-corrected chi connectivity index (χ2v) is 9.06.